The first kappa shape index (κ1) is 7.61. The van der Waals surface area contributed by atoms with Gasteiger partial charge in [0, 0.05) is 5.56 Å². The molecule has 0 bridgehead atoms. The summed E-state index contributed by atoms with van der Waals surface area (Å²) < 4.78 is 6.02. The van der Waals surface area contributed by atoms with E-state index >= 15 is 0 Å². The average Bonchev–Trinajstić information content (AvgIpc) is 2.49. The molecule has 12 heavy (non-hydrogen) atoms. The second kappa shape index (κ2) is 2.79. The van der Waals surface area contributed by atoms with Crippen molar-refractivity contribution in [1.82, 2.24) is 5.43 Å². The molecule has 0 amide bonds. The van der Waals surface area contributed by atoms with Gasteiger partial charge in [0.2, 0.25) is 0 Å². The number of rotatable bonds is 1. The number of hydrogen-bond donors (Lipinski definition) is 0. The quantitative estimate of drug-likeness (QED) is 0.721. The topological polar surface area (TPSA) is 35.7 Å². The van der Waals surface area contributed by atoms with E-state index in [-0.39, 0.29) is 0 Å². The lowest BCUT2D eigenvalue weighted by molar-refractivity contribution is 0.412. The van der Waals surface area contributed by atoms with Gasteiger partial charge in [-0.15, -0.1) is 0 Å². The summed E-state index contributed by atoms with van der Waals surface area (Å²) >= 11 is 3.37. The Morgan fingerprint density at radius 3 is 3.00 bits per heavy atom. The Hall–Kier alpha value is -1.03. The van der Waals surface area contributed by atoms with Crippen molar-refractivity contribution in [1.29, 1.82) is 0 Å². The molecular formula is C8H6BrN2O. The van der Waals surface area contributed by atoms with Gasteiger partial charge in [0.05, 0.1) is 23.5 Å². The van der Waals surface area contributed by atoms with E-state index in [4.69, 9.17) is 4.74 Å². The van der Waals surface area contributed by atoms with Crippen LogP contribution < -0.4 is 10.2 Å². The Bertz CT molecular complexity index is 349. The zero-order valence-electron chi connectivity index (χ0n) is 6.41. The van der Waals surface area contributed by atoms with Crippen molar-refractivity contribution >= 4 is 27.8 Å². The van der Waals surface area contributed by atoms with Gasteiger partial charge < -0.3 is 4.74 Å². The summed E-state index contributed by atoms with van der Waals surface area (Å²) in [7, 11) is 1.63. The number of benzene rings is 1. The van der Waals surface area contributed by atoms with Crippen LogP contribution in [-0.4, -0.2) is 13.3 Å². The lowest BCUT2D eigenvalue weighted by Gasteiger charge is -2.04. The summed E-state index contributed by atoms with van der Waals surface area (Å²) in [5.74, 6) is 0.803. The molecule has 2 rings (SSSR count). The van der Waals surface area contributed by atoms with Crippen LogP contribution in [0.15, 0.2) is 21.7 Å². The summed E-state index contributed by atoms with van der Waals surface area (Å²) in [6, 6.07) is 3.79. The van der Waals surface area contributed by atoms with E-state index in [9.17, 15) is 0 Å². The van der Waals surface area contributed by atoms with Gasteiger partial charge in [-0.3, -0.25) is 0 Å². The zero-order chi connectivity index (χ0) is 8.55. The molecule has 1 aromatic rings. The van der Waals surface area contributed by atoms with E-state index < -0.39 is 0 Å². The molecule has 0 saturated carbocycles. The van der Waals surface area contributed by atoms with Crippen molar-refractivity contribution in [2.45, 2.75) is 0 Å². The molecule has 0 spiro atoms. The molecule has 3 nitrogen and oxygen atoms in total. The third-order valence-electron chi connectivity index (χ3n) is 1.66. The smallest absolute Gasteiger partial charge is 0.133 e. The fourth-order valence-electron chi connectivity index (χ4n) is 1.06. The number of nitrogens with zero attached hydrogens (tertiary/aromatic N) is 2. The van der Waals surface area contributed by atoms with Gasteiger partial charge in [-0.25, -0.2) is 0 Å². The highest BCUT2D eigenvalue weighted by Gasteiger charge is 2.11. The fraction of sp³-hybridized carbons (Fsp3) is 0.125. The van der Waals surface area contributed by atoms with Crippen molar-refractivity contribution < 1.29 is 4.74 Å². The monoisotopic (exact) mass is 225 g/mol. The van der Waals surface area contributed by atoms with Gasteiger partial charge in [0.1, 0.15) is 5.75 Å². The van der Waals surface area contributed by atoms with Crippen molar-refractivity contribution in [2.75, 3.05) is 7.11 Å². The molecule has 1 aliphatic rings. The van der Waals surface area contributed by atoms with E-state index in [1.54, 1.807) is 13.3 Å². The van der Waals surface area contributed by atoms with E-state index in [1.807, 2.05) is 12.1 Å². The normalized spacial score (nSPS) is 12.5. The highest BCUT2D eigenvalue weighted by Crippen LogP contribution is 2.32. The molecule has 0 N–H and O–H groups in total. The molecule has 1 heterocycles. The minimum absolute atomic E-state index is 0.803. The third-order valence-corrected chi connectivity index (χ3v) is 2.28. The highest BCUT2D eigenvalue weighted by atomic mass is 79.9. The lowest BCUT2D eigenvalue weighted by atomic mass is 10.2. The summed E-state index contributed by atoms with van der Waals surface area (Å²) in [5, 5.41) is 3.79. The Labute approximate surface area is 78.6 Å². The minimum Gasteiger partial charge on any atom is -0.496 e. The molecule has 0 aromatic heterocycles. The molecule has 1 radical (unpaired) electrons. The highest BCUT2D eigenvalue weighted by molar-refractivity contribution is 9.10. The van der Waals surface area contributed by atoms with Crippen LogP contribution in [-0.2, 0) is 0 Å². The second-order valence-electron chi connectivity index (χ2n) is 2.39. The van der Waals surface area contributed by atoms with Gasteiger partial charge in [-0.2, -0.15) is 10.5 Å². The van der Waals surface area contributed by atoms with Crippen LogP contribution in [0.2, 0.25) is 0 Å². The third kappa shape index (κ3) is 1.08. The molecule has 0 fully saturated rings. The minimum atomic E-state index is 0.803. The first-order chi connectivity index (χ1) is 5.81. The first-order valence-corrected chi connectivity index (χ1v) is 4.22. The van der Waals surface area contributed by atoms with Crippen molar-refractivity contribution in [2.24, 2.45) is 5.10 Å². The molecule has 0 unspecified atom stereocenters. The van der Waals surface area contributed by atoms with E-state index in [2.05, 4.69) is 26.5 Å². The van der Waals surface area contributed by atoms with Crippen molar-refractivity contribution in [3.8, 4) is 5.75 Å². The largest absolute Gasteiger partial charge is 0.496 e. The summed E-state index contributed by atoms with van der Waals surface area (Å²) in [6.45, 7) is 0. The molecule has 61 valence electrons. The van der Waals surface area contributed by atoms with E-state index in [0.29, 0.717) is 0 Å². The second-order valence-corrected chi connectivity index (χ2v) is 3.24. The van der Waals surface area contributed by atoms with Crippen molar-refractivity contribution in [3.63, 3.8) is 0 Å². The van der Waals surface area contributed by atoms with E-state index in [0.717, 1.165) is 21.5 Å². The van der Waals surface area contributed by atoms with Gasteiger partial charge in [0.25, 0.3) is 0 Å². The predicted molar refractivity (Wildman–Crippen MR) is 50.1 cm³/mol. The summed E-state index contributed by atoms with van der Waals surface area (Å²) in [4.78, 5) is 0. The van der Waals surface area contributed by atoms with Crippen LogP contribution in [0.4, 0.5) is 5.69 Å². The zero-order valence-corrected chi connectivity index (χ0v) is 8.00. The lowest BCUT2D eigenvalue weighted by Crippen LogP contribution is -1.88. The maximum Gasteiger partial charge on any atom is 0.133 e. The van der Waals surface area contributed by atoms with Crippen LogP contribution in [0.3, 0.4) is 0 Å². The van der Waals surface area contributed by atoms with Gasteiger partial charge in [0.15, 0.2) is 0 Å². The Kier molecular flexibility index (Phi) is 1.77. The number of methoxy groups -OCH3 is 1. The number of ether oxygens (including phenoxy) is 1. The fourth-order valence-corrected chi connectivity index (χ4v) is 1.55. The molecule has 1 aromatic carbocycles. The molecule has 4 heteroatoms. The number of fused-ring (bicyclic) bond motifs is 1. The maximum absolute atomic E-state index is 5.12. The molecule has 0 aliphatic carbocycles. The molecular weight excluding hydrogens is 220 g/mol. The van der Waals surface area contributed by atoms with Gasteiger partial charge in [-0.05, 0) is 28.1 Å². The first-order valence-electron chi connectivity index (χ1n) is 3.43. The van der Waals surface area contributed by atoms with Crippen LogP contribution in [0.1, 0.15) is 5.56 Å². The van der Waals surface area contributed by atoms with Gasteiger partial charge >= 0.3 is 0 Å². The summed E-state index contributed by atoms with van der Waals surface area (Å²) in [5.41, 5.74) is 5.79. The molecule has 0 saturated heterocycles. The Balaban J connectivity index is 2.55. The Morgan fingerprint density at radius 2 is 2.25 bits per heavy atom. The van der Waals surface area contributed by atoms with Crippen LogP contribution in [0.5, 0.6) is 5.75 Å². The van der Waals surface area contributed by atoms with Crippen LogP contribution >= 0.6 is 15.9 Å². The van der Waals surface area contributed by atoms with Gasteiger partial charge in [-0.1, -0.05) is 0 Å². The predicted octanol–water partition coefficient (Wildman–Crippen LogP) is 2.04. The molecule has 1 aliphatic heterocycles. The number of hydrogen-bond acceptors (Lipinski definition) is 2. The maximum atomic E-state index is 5.12. The SMILES string of the molecule is COc1cc2c(cc1Br)[N]N=C2. The average molecular weight is 226 g/mol. The van der Waals surface area contributed by atoms with Crippen molar-refractivity contribution in [3.05, 3.63) is 22.2 Å². The number of halogens is 1. The van der Waals surface area contributed by atoms with Crippen LogP contribution in [0, 0.1) is 0 Å². The van der Waals surface area contributed by atoms with E-state index in [1.165, 1.54) is 0 Å². The summed E-state index contributed by atoms with van der Waals surface area (Å²) in [6.07, 6.45) is 1.71. The Morgan fingerprint density at radius 1 is 1.42 bits per heavy atom. The standard InChI is InChI=1S/C8H6BrN2O/c1-12-8-2-5-4-10-11-7(5)3-6(8)9/h2-4H,1H3. The molecule has 0 atom stereocenters. The van der Waals surface area contributed by atoms with Crippen LogP contribution in [0.25, 0.3) is 0 Å².